The first-order valence-electron chi connectivity index (χ1n) is 6.47. The molecular weight excluding hydrogens is 305 g/mol. The van der Waals surface area contributed by atoms with Crippen LogP contribution in [0.15, 0.2) is 48.5 Å². The molecular formula is C16H12FNO5. The first-order valence-corrected chi connectivity index (χ1v) is 6.47. The van der Waals surface area contributed by atoms with Crippen molar-refractivity contribution in [2.24, 2.45) is 0 Å². The molecule has 0 aliphatic carbocycles. The third-order valence-electron chi connectivity index (χ3n) is 2.83. The molecule has 118 valence electrons. The van der Waals surface area contributed by atoms with Crippen LogP contribution in [0.25, 0.3) is 6.08 Å². The van der Waals surface area contributed by atoms with E-state index in [4.69, 9.17) is 9.47 Å². The predicted molar refractivity (Wildman–Crippen MR) is 80.7 cm³/mol. The number of rotatable bonds is 5. The van der Waals surface area contributed by atoms with Gasteiger partial charge in [0.15, 0.2) is 0 Å². The van der Waals surface area contributed by atoms with Crippen LogP contribution < -0.4 is 9.47 Å². The lowest BCUT2D eigenvalue weighted by Gasteiger charge is -2.04. The molecule has 0 amide bonds. The summed E-state index contributed by atoms with van der Waals surface area (Å²) in [5, 5.41) is 11.0. The zero-order valence-electron chi connectivity index (χ0n) is 12.1. The lowest BCUT2D eigenvalue weighted by molar-refractivity contribution is -0.385. The monoisotopic (exact) mass is 317 g/mol. The van der Waals surface area contributed by atoms with Crippen molar-refractivity contribution in [3.63, 3.8) is 0 Å². The molecule has 0 aliphatic heterocycles. The number of hydrogen-bond donors (Lipinski definition) is 0. The minimum atomic E-state index is -0.817. The molecule has 6 nitrogen and oxygen atoms in total. The highest BCUT2D eigenvalue weighted by Gasteiger charge is 2.18. The van der Waals surface area contributed by atoms with Gasteiger partial charge in [-0.1, -0.05) is 12.1 Å². The van der Waals surface area contributed by atoms with Gasteiger partial charge >= 0.3 is 11.7 Å². The molecule has 0 aromatic heterocycles. The Morgan fingerprint density at radius 2 is 2.04 bits per heavy atom. The van der Waals surface area contributed by atoms with Crippen molar-refractivity contribution in [1.29, 1.82) is 0 Å². The maximum atomic E-state index is 13.0. The van der Waals surface area contributed by atoms with Crippen LogP contribution in [0.1, 0.15) is 5.56 Å². The van der Waals surface area contributed by atoms with Crippen LogP contribution in [-0.4, -0.2) is 18.0 Å². The highest BCUT2D eigenvalue weighted by atomic mass is 19.1. The van der Waals surface area contributed by atoms with Crippen LogP contribution in [0.5, 0.6) is 11.5 Å². The molecule has 0 radical (unpaired) electrons. The fraction of sp³-hybridized carbons (Fsp3) is 0.0625. The van der Waals surface area contributed by atoms with Crippen molar-refractivity contribution in [2.75, 3.05) is 7.11 Å². The maximum absolute atomic E-state index is 13.0. The van der Waals surface area contributed by atoms with Crippen LogP contribution in [0, 0.1) is 15.9 Å². The van der Waals surface area contributed by atoms with Crippen molar-refractivity contribution in [2.45, 2.75) is 0 Å². The molecule has 0 atom stereocenters. The van der Waals surface area contributed by atoms with Gasteiger partial charge in [0.1, 0.15) is 11.6 Å². The number of carbonyl (C=O) groups is 1. The standard InChI is InChI=1S/C16H12FNO5/c1-22-13-6-7-15(14(10-13)18(20)21)23-16(19)8-5-11-3-2-4-12(17)9-11/h2-10H,1H3. The number of nitro benzene ring substituents is 1. The summed E-state index contributed by atoms with van der Waals surface area (Å²) in [6.07, 6.45) is 2.41. The van der Waals surface area contributed by atoms with E-state index in [0.717, 1.165) is 12.1 Å². The zero-order valence-corrected chi connectivity index (χ0v) is 12.1. The third-order valence-corrected chi connectivity index (χ3v) is 2.83. The maximum Gasteiger partial charge on any atom is 0.336 e. The van der Waals surface area contributed by atoms with Crippen molar-refractivity contribution in [1.82, 2.24) is 0 Å². The molecule has 0 unspecified atom stereocenters. The van der Waals surface area contributed by atoms with Crippen LogP contribution >= 0.6 is 0 Å². The van der Waals surface area contributed by atoms with Gasteiger partial charge in [-0.2, -0.15) is 0 Å². The van der Waals surface area contributed by atoms with E-state index in [0.29, 0.717) is 5.56 Å². The van der Waals surface area contributed by atoms with Gasteiger partial charge in [0.2, 0.25) is 5.75 Å². The molecule has 0 aliphatic rings. The van der Waals surface area contributed by atoms with Gasteiger partial charge in [-0.3, -0.25) is 10.1 Å². The average molecular weight is 317 g/mol. The number of ether oxygens (including phenoxy) is 2. The largest absolute Gasteiger partial charge is 0.496 e. The van der Waals surface area contributed by atoms with Crippen molar-refractivity contribution in [3.8, 4) is 11.5 Å². The van der Waals surface area contributed by atoms with Gasteiger partial charge < -0.3 is 9.47 Å². The smallest absolute Gasteiger partial charge is 0.336 e. The minimum Gasteiger partial charge on any atom is -0.496 e. The lowest BCUT2D eigenvalue weighted by atomic mass is 10.2. The second-order valence-corrected chi connectivity index (χ2v) is 4.40. The number of nitrogens with zero attached hydrogens (tertiary/aromatic N) is 1. The number of nitro groups is 1. The summed E-state index contributed by atoms with van der Waals surface area (Å²) in [6, 6.07) is 9.46. The van der Waals surface area contributed by atoms with Gasteiger partial charge in [0.05, 0.1) is 18.1 Å². The topological polar surface area (TPSA) is 78.7 Å². The highest BCUT2D eigenvalue weighted by Crippen LogP contribution is 2.31. The van der Waals surface area contributed by atoms with Crippen LogP contribution in [-0.2, 0) is 4.79 Å². The second kappa shape index (κ2) is 7.17. The molecule has 0 N–H and O–H groups in total. The number of esters is 1. The fourth-order valence-electron chi connectivity index (χ4n) is 1.77. The van der Waals surface area contributed by atoms with E-state index in [2.05, 4.69) is 0 Å². The van der Waals surface area contributed by atoms with E-state index in [1.54, 1.807) is 6.07 Å². The normalized spacial score (nSPS) is 10.5. The van der Waals surface area contributed by atoms with Crippen molar-refractivity contribution >= 4 is 17.7 Å². The summed E-state index contributed by atoms with van der Waals surface area (Å²) in [5.41, 5.74) is 0.0723. The van der Waals surface area contributed by atoms with Crippen molar-refractivity contribution in [3.05, 3.63) is 70.0 Å². The van der Waals surface area contributed by atoms with Gasteiger partial charge in [-0.05, 0) is 35.9 Å². The molecule has 2 aromatic rings. The van der Waals surface area contributed by atoms with E-state index in [9.17, 15) is 19.3 Å². The average Bonchev–Trinajstić information content (AvgIpc) is 2.53. The molecule has 7 heteroatoms. The van der Waals surface area contributed by atoms with Gasteiger partial charge in [-0.15, -0.1) is 0 Å². The van der Waals surface area contributed by atoms with E-state index < -0.39 is 22.4 Å². The van der Waals surface area contributed by atoms with Gasteiger partial charge in [-0.25, -0.2) is 9.18 Å². The Balaban J connectivity index is 2.15. The SMILES string of the molecule is COc1ccc(OC(=O)C=Cc2cccc(F)c2)c([N+](=O)[O-])c1. The molecule has 0 spiro atoms. The highest BCUT2D eigenvalue weighted by molar-refractivity contribution is 5.89. The Morgan fingerprint density at radius 3 is 2.70 bits per heavy atom. The molecule has 0 bridgehead atoms. The van der Waals surface area contributed by atoms with Gasteiger partial charge in [0, 0.05) is 6.08 Å². The summed E-state index contributed by atoms with van der Waals surface area (Å²) in [4.78, 5) is 22.1. The first-order chi connectivity index (χ1) is 11.0. The summed E-state index contributed by atoms with van der Waals surface area (Å²) < 4.78 is 22.8. The number of hydrogen-bond acceptors (Lipinski definition) is 5. The third kappa shape index (κ3) is 4.37. The molecule has 0 saturated carbocycles. The van der Waals surface area contributed by atoms with E-state index in [1.165, 1.54) is 43.5 Å². The molecule has 23 heavy (non-hydrogen) atoms. The van der Waals surface area contributed by atoms with E-state index in [1.807, 2.05) is 0 Å². The van der Waals surface area contributed by atoms with Crippen LogP contribution in [0.3, 0.4) is 0 Å². The first kappa shape index (κ1) is 16.2. The molecule has 2 aromatic carbocycles. The number of carbonyl (C=O) groups excluding carboxylic acids is 1. The molecule has 0 fully saturated rings. The van der Waals surface area contributed by atoms with Crippen LogP contribution in [0.2, 0.25) is 0 Å². The molecule has 0 saturated heterocycles. The Kier molecular flexibility index (Phi) is 5.03. The fourth-order valence-corrected chi connectivity index (χ4v) is 1.77. The molecule has 2 rings (SSSR count). The second-order valence-electron chi connectivity index (χ2n) is 4.40. The minimum absolute atomic E-state index is 0.204. The summed E-state index contributed by atoms with van der Waals surface area (Å²) in [6.45, 7) is 0. The summed E-state index contributed by atoms with van der Waals surface area (Å²) in [7, 11) is 1.37. The quantitative estimate of drug-likeness (QED) is 0.278. The van der Waals surface area contributed by atoms with E-state index in [-0.39, 0.29) is 11.5 Å². The Labute approximate surface area is 130 Å². The Bertz CT molecular complexity index is 773. The van der Waals surface area contributed by atoms with E-state index >= 15 is 0 Å². The summed E-state index contributed by atoms with van der Waals surface area (Å²) >= 11 is 0. The lowest BCUT2D eigenvalue weighted by Crippen LogP contribution is -2.06. The van der Waals surface area contributed by atoms with Crippen LogP contribution in [0.4, 0.5) is 10.1 Å². The number of benzene rings is 2. The molecule has 0 heterocycles. The predicted octanol–water partition coefficient (Wildman–Crippen LogP) is 3.36. The Hall–Kier alpha value is -3.22. The number of halogens is 1. The zero-order chi connectivity index (χ0) is 16.8. The number of methoxy groups -OCH3 is 1. The summed E-state index contributed by atoms with van der Waals surface area (Å²) in [5.74, 6) is -1.19. The Morgan fingerprint density at radius 1 is 1.26 bits per heavy atom. The van der Waals surface area contributed by atoms with Gasteiger partial charge in [0.25, 0.3) is 0 Å². The van der Waals surface area contributed by atoms with Crippen molar-refractivity contribution < 1.29 is 23.6 Å².